The predicted octanol–water partition coefficient (Wildman–Crippen LogP) is 4.91. The van der Waals surface area contributed by atoms with Gasteiger partial charge in [-0.25, -0.2) is 0 Å². The largest absolute Gasteiger partial charge is 0.366 e. The van der Waals surface area contributed by atoms with E-state index in [2.05, 4.69) is 92.0 Å². The molecule has 0 heterocycles. The third kappa shape index (κ3) is 4.34. The van der Waals surface area contributed by atoms with Crippen molar-refractivity contribution < 1.29 is 4.74 Å². The van der Waals surface area contributed by atoms with E-state index < -0.39 is 5.60 Å². The zero-order chi connectivity index (χ0) is 17.3. The Labute approximate surface area is 146 Å². The lowest BCUT2D eigenvalue weighted by atomic mass is 9.80. The Bertz CT molecular complexity index is 567. The normalized spacial score (nSPS) is 13.3. The van der Waals surface area contributed by atoms with Crippen LogP contribution in [-0.2, 0) is 10.3 Å². The van der Waals surface area contributed by atoms with E-state index in [0.29, 0.717) is 12.6 Å². The second-order valence-corrected chi connectivity index (χ2v) is 5.99. The average molecular weight is 323 g/mol. The molecule has 2 aromatic carbocycles. The van der Waals surface area contributed by atoms with Gasteiger partial charge >= 0.3 is 0 Å². The van der Waals surface area contributed by atoms with Crippen molar-refractivity contribution in [3.05, 3.63) is 83.9 Å². The van der Waals surface area contributed by atoms with E-state index in [0.717, 1.165) is 12.8 Å². The van der Waals surface area contributed by atoms with Crippen molar-refractivity contribution in [2.75, 3.05) is 13.7 Å². The topological polar surface area (TPSA) is 21.3 Å². The van der Waals surface area contributed by atoms with Crippen LogP contribution in [0, 0.1) is 0 Å². The number of hydrogen-bond donors (Lipinski definition) is 1. The number of rotatable bonds is 9. The van der Waals surface area contributed by atoms with Crippen LogP contribution in [0.25, 0.3) is 0 Å². The Morgan fingerprint density at radius 3 is 1.96 bits per heavy atom. The molecule has 2 heteroatoms. The van der Waals surface area contributed by atoms with Crippen molar-refractivity contribution >= 4 is 0 Å². The van der Waals surface area contributed by atoms with Crippen LogP contribution in [0.4, 0.5) is 0 Å². The molecule has 0 amide bonds. The van der Waals surface area contributed by atoms with Crippen LogP contribution in [0.1, 0.15) is 37.8 Å². The van der Waals surface area contributed by atoms with E-state index in [9.17, 15) is 0 Å². The zero-order valence-corrected chi connectivity index (χ0v) is 15.0. The summed E-state index contributed by atoms with van der Waals surface area (Å²) in [5.41, 5.74) is 1.98. The van der Waals surface area contributed by atoms with Gasteiger partial charge in [0, 0.05) is 19.1 Å². The van der Waals surface area contributed by atoms with Crippen LogP contribution in [0.3, 0.4) is 0 Å². The first kappa shape index (κ1) is 18.4. The molecule has 0 aliphatic rings. The summed E-state index contributed by atoms with van der Waals surface area (Å²) in [5, 5.41) is 3.46. The second kappa shape index (κ2) is 9.41. The van der Waals surface area contributed by atoms with Crippen LogP contribution in [0.2, 0.25) is 0 Å². The van der Waals surface area contributed by atoms with Gasteiger partial charge in [-0.1, -0.05) is 72.8 Å². The highest BCUT2D eigenvalue weighted by molar-refractivity contribution is 5.37. The van der Waals surface area contributed by atoms with Gasteiger partial charge < -0.3 is 10.1 Å². The highest BCUT2D eigenvalue weighted by Gasteiger charge is 2.36. The number of allylic oxidation sites excluding steroid dienone is 1. The number of hydrogen-bond acceptors (Lipinski definition) is 2. The van der Waals surface area contributed by atoms with Crippen molar-refractivity contribution in [2.24, 2.45) is 0 Å². The van der Waals surface area contributed by atoms with Gasteiger partial charge in [0.25, 0.3) is 0 Å². The first-order valence-electron chi connectivity index (χ1n) is 8.80. The fraction of sp³-hybridized carbons (Fsp3) is 0.364. The van der Waals surface area contributed by atoms with E-state index in [1.165, 1.54) is 11.1 Å². The molecule has 0 fully saturated rings. The summed E-state index contributed by atoms with van der Waals surface area (Å²) in [7, 11) is 2.03. The number of nitrogens with one attached hydrogen (secondary N) is 1. The van der Waals surface area contributed by atoms with Crippen molar-refractivity contribution in [1.29, 1.82) is 0 Å². The van der Waals surface area contributed by atoms with Crippen LogP contribution >= 0.6 is 0 Å². The van der Waals surface area contributed by atoms with Gasteiger partial charge in [0.2, 0.25) is 0 Å². The average Bonchev–Trinajstić information content (AvgIpc) is 2.65. The standard InChI is InChI=1S/C22H29NO/c1-4-6-17-21(23-3)18-22(24-5-2,19-13-9-7-10-14-19)20-15-11-8-12-16-20/h4,6-16,21,23H,5,17-18H2,1-3H3/b6-4+. The number of ether oxygens (including phenoxy) is 1. The molecule has 0 aliphatic carbocycles. The Morgan fingerprint density at radius 1 is 1.00 bits per heavy atom. The minimum absolute atomic E-state index is 0.341. The summed E-state index contributed by atoms with van der Waals surface area (Å²) < 4.78 is 6.45. The van der Waals surface area contributed by atoms with Crippen LogP contribution < -0.4 is 5.32 Å². The van der Waals surface area contributed by atoms with Gasteiger partial charge in [-0.05, 0) is 38.4 Å². The molecule has 0 aromatic heterocycles. The molecule has 0 saturated heterocycles. The molecule has 0 bridgehead atoms. The Morgan fingerprint density at radius 2 is 1.54 bits per heavy atom. The molecule has 2 nitrogen and oxygen atoms in total. The van der Waals surface area contributed by atoms with Crippen LogP contribution in [0.15, 0.2) is 72.8 Å². The molecule has 1 unspecified atom stereocenters. The fourth-order valence-corrected chi connectivity index (χ4v) is 3.24. The summed E-state index contributed by atoms with van der Waals surface area (Å²) >= 11 is 0. The molecule has 2 rings (SSSR count). The van der Waals surface area contributed by atoms with Gasteiger partial charge in [0.05, 0.1) is 0 Å². The van der Waals surface area contributed by atoms with Crippen molar-refractivity contribution in [3.8, 4) is 0 Å². The van der Waals surface area contributed by atoms with Gasteiger partial charge in [-0.3, -0.25) is 0 Å². The highest BCUT2D eigenvalue weighted by atomic mass is 16.5. The third-order valence-corrected chi connectivity index (χ3v) is 4.47. The lowest BCUT2D eigenvalue weighted by Gasteiger charge is -2.37. The second-order valence-electron chi connectivity index (χ2n) is 5.99. The molecule has 0 saturated carbocycles. The van der Waals surface area contributed by atoms with Crippen molar-refractivity contribution in [2.45, 2.75) is 38.3 Å². The van der Waals surface area contributed by atoms with Crippen LogP contribution in [0.5, 0.6) is 0 Å². The minimum atomic E-state index is -0.438. The molecule has 1 atom stereocenters. The Hall–Kier alpha value is -1.90. The summed E-state index contributed by atoms with van der Waals surface area (Å²) in [6.45, 7) is 4.81. The zero-order valence-electron chi connectivity index (χ0n) is 15.0. The monoisotopic (exact) mass is 323 g/mol. The van der Waals surface area contributed by atoms with Gasteiger partial charge in [-0.15, -0.1) is 0 Å². The molecule has 1 N–H and O–H groups in total. The fourth-order valence-electron chi connectivity index (χ4n) is 3.24. The molecule has 0 radical (unpaired) electrons. The summed E-state index contributed by atoms with van der Waals surface area (Å²) in [5.74, 6) is 0. The van der Waals surface area contributed by atoms with Crippen LogP contribution in [-0.4, -0.2) is 19.7 Å². The maximum atomic E-state index is 6.45. The quantitative estimate of drug-likeness (QED) is 0.662. The first-order chi connectivity index (χ1) is 11.8. The van der Waals surface area contributed by atoms with E-state index in [1.54, 1.807) is 0 Å². The maximum absolute atomic E-state index is 6.45. The van der Waals surface area contributed by atoms with E-state index in [-0.39, 0.29) is 0 Å². The lowest BCUT2D eigenvalue weighted by molar-refractivity contribution is -0.0240. The molecule has 2 aromatic rings. The van der Waals surface area contributed by atoms with Crippen molar-refractivity contribution in [1.82, 2.24) is 5.32 Å². The van der Waals surface area contributed by atoms with Gasteiger partial charge in [0.1, 0.15) is 5.60 Å². The SMILES string of the molecule is C/C=C/CC(CC(OCC)(c1ccccc1)c1ccccc1)NC. The highest BCUT2D eigenvalue weighted by Crippen LogP contribution is 2.38. The molecule has 128 valence electrons. The Kier molecular flexibility index (Phi) is 7.23. The van der Waals surface area contributed by atoms with Gasteiger partial charge in [-0.2, -0.15) is 0 Å². The van der Waals surface area contributed by atoms with E-state index in [1.807, 2.05) is 7.05 Å². The summed E-state index contributed by atoms with van der Waals surface area (Å²) in [6.07, 6.45) is 6.20. The Balaban J connectivity index is 2.49. The van der Waals surface area contributed by atoms with Gasteiger partial charge in [0.15, 0.2) is 0 Å². The number of benzene rings is 2. The maximum Gasteiger partial charge on any atom is 0.120 e. The molecular formula is C22H29NO. The lowest BCUT2D eigenvalue weighted by Crippen LogP contribution is -2.39. The summed E-state index contributed by atoms with van der Waals surface area (Å²) in [6, 6.07) is 21.5. The third-order valence-electron chi connectivity index (χ3n) is 4.47. The van der Waals surface area contributed by atoms with E-state index in [4.69, 9.17) is 4.74 Å². The predicted molar refractivity (Wildman–Crippen MR) is 102 cm³/mol. The first-order valence-corrected chi connectivity index (χ1v) is 8.80. The summed E-state index contributed by atoms with van der Waals surface area (Å²) in [4.78, 5) is 0. The van der Waals surface area contributed by atoms with E-state index >= 15 is 0 Å². The smallest absolute Gasteiger partial charge is 0.120 e. The minimum Gasteiger partial charge on any atom is -0.366 e. The molecular weight excluding hydrogens is 294 g/mol. The van der Waals surface area contributed by atoms with Crippen molar-refractivity contribution in [3.63, 3.8) is 0 Å². The molecule has 24 heavy (non-hydrogen) atoms. The molecule has 0 spiro atoms. The molecule has 0 aliphatic heterocycles.